The van der Waals surface area contributed by atoms with E-state index in [4.69, 9.17) is 0 Å². The molecule has 2 heteroatoms. The summed E-state index contributed by atoms with van der Waals surface area (Å²) in [6.07, 6.45) is 21.8. The van der Waals surface area contributed by atoms with Crippen LogP contribution in [0.15, 0.2) is 182 Å². The van der Waals surface area contributed by atoms with Crippen LogP contribution in [0.3, 0.4) is 0 Å². The van der Waals surface area contributed by atoms with Gasteiger partial charge in [0.2, 0.25) is 0 Å². The van der Waals surface area contributed by atoms with E-state index in [9.17, 15) is 0 Å². The van der Waals surface area contributed by atoms with E-state index in [0.29, 0.717) is 23.7 Å². The molecule has 7 aromatic carbocycles. The number of aryl methyl sites for hydroxylation is 2. The van der Waals surface area contributed by atoms with E-state index in [1.807, 2.05) is 0 Å². The third-order valence-corrected chi connectivity index (χ3v) is 19.2. The van der Waals surface area contributed by atoms with E-state index in [2.05, 4.69) is 245 Å². The molecule has 0 saturated carbocycles. The van der Waals surface area contributed by atoms with Gasteiger partial charge in [-0.15, -0.1) is 0 Å². The van der Waals surface area contributed by atoms with Crippen molar-refractivity contribution in [1.29, 1.82) is 0 Å². The Bertz CT molecular complexity index is 2850. The fraction of sp³-hybridized carbons (Fsp3) is 0.462. The molecule has 80 heavy (non-hydrogen) atoms. The van der Waals surface area contributed by atoms with Crippen molar-refractivity contribution in [2.45, 2.75) is 179 Å². The molecule has 8 rings (SSSR count). The second-order valence-electron chi connectivity index (χ2n) is 26.8. The van der Waals surface area contributed by atoms with Crippen LogP contribution >= 0.6 is 0 Å². The molecule has 0 radical (unpaired) electrons. The zero-order valence-corrected chi connectivity index (χ0v) is 51.5. The van der Waals surface area contributed by atoms with Gasteiger partial charge in [0, 0.05) is 23.8 Å². The van der Waals surface area contributed by atoms with E-state index in [-0.39, 0.29) is 5.41 Å². The first kappa shape index (κ1) is 60.6. The average molecular weight is 1070 g/mol. The summed E-state index contributed by atoms with van der Waals surface area (Å²) >= 11 is 0. The summed E-state index contributed by atoms with van der Waals surface area (Å²) in [7, 11) is 9.39. The van der Waals surface area contributed by atoms with Crippen molar-refractivity contribution in [3.05, 3.63) is 226 Å². The average Bonchev–Trinajstić information content (AvgIpc) is 3.49. The predicted octanol–water partition coefficient (Wildman–Crippen LogP) is 20.8. The van der Waals surface area contributed by atoms with Crippen LogP contribution < -0.4 is 0 Å². The molecule has 0 spiro atoms. The van der Waals surface area contributed by atoms with E-state index in [1.165, 1.54) is 194 Å². The Balaban J connectivity index is 0.787. The minimum atomic E-state index is 0.251. The molecule has 0 aromatic heterocycles. The number of benzene rings is 7. The second kappa shape index (κ2) is 29.4. The molecule has 0 aliphatic carbocycles. The number of unbranched alkanes of at least 4 members (excludes halogenated alkanes) is 5. The van der Waals surface area contributed by atoms with Gasteiger partial charge in [0.15, 0.2) is 0 Å². The summed E-state index contributed by atoms with van der Waals surface area (Å²) in [6, 6.07) is 69.8. The van der Waals surface area contributed by atoms with Gasteiger partial charge in [-0.25, -0.2) is 0 Å². The molecule has 1 aliphatic rings. The Hall–Kier alpha value is -5.54. The molecular weight excluding hydrogens is 965 g/mol. The molecular formula is C78H104N2+2. The van der Waals surface area contributed by atoms with Crippen molar-refractivity contribution < 1.29 is 8.97 Å². The quantitative estimate of drug-likeness (QED) is 0.0311. The van der Waals surface area contributed by atoms with Gasteiger partial charge in [-0.05, 0) is 156 Å². The highest BCUT2D eigenvalue weighted by atomic mass is 15.3. The lowest BCUT2D eigenvalue weighted by Crippen LogP contribution is -2.53. The van der Waals surface area contributed by atoms with Gasteiger partial charge in [-0.3, -0.25) is 0 Å². The van der Waals surface area contributed by atoms with Crippen molar-refractivity contribution >= 4 is 0 Å². The Kier molecular flexibility index (Phi) is 22.3. The molecule has 2 nitrogen and oxygen atoms in total. The van der Waals surface area contributed by atoms with Crippen LogP contribution in [0.2, 0.25) is 0 Å². The maximum Gasteiger partial charge on any atom is 0.104 e. The Morgan fingerprint density at radius 2 is 1.01 bits per heavy atom. The van der Waals surface area contributed by atoms with Crippen LogP contribution in [-0.2, 0) is 18.4 Å². The Morgan fingerprint density at radius 1 is 0.475 bits per heavy atom. The standard InChI is InChI=1S/C78H104N2/c1-10-63(57-76(56-62(4)67-28-19-15-20-29-67)72-45-39-65(40-46-72)60-79(6,7)8)26-18-14-23-32-73(58-66(11-2)68-30-21-16-22-31-68)70-43-37-64(38-44-70)27-17-12-13-24-53-80(9)54-51-78(5,52-55-80)77-49-47-71(48-50-77)75-34-25-33-74(59-75)69-41-35-61(3)36-42-69/h15-16,19-22,25,28-31,33-50,59,62-63,66,73,76H,10-14,17-18,23-24,26-27,32,51-58,60H2,1-9H3/q+2. The number of likely N-dealkylation sites (tertiary alicyclic amines) is 1. The van der Waals surface area contributed by atoms with Gasteiger partial charge in [0.1, 0.15) is 6.54 Å². The third-order valence-electron chi connectivity index (χ3n) is 19.2. The van der Waals surface area contributed by atoms with Crippen molar-refractivity contribution in [2.75, 3.05) is 47.8 Å². The van der Waals surface area contributed by atoms with Crippen LogP contribution in [-0.4, -0.2) is 56.8 Å². The molecule has 1 fully saturated rings. The molecule has 7 aromatic rings. The van der Waals surface area contributed by atoms with Crippen LogP contribution in [0, 0.1) is 12.8 Å². The zero-order valence-electron chi connectivity index (χ0n) is 51.5. The van der Waals surface area contributed by atoms with Crippen molar-refractivity contribution in [3.63, 3.8) is 0 Å². The second-order valence-corrected chi connectivity index (χ2v) is 26.8. The lowest BCUT2D eigenvalue weighted by molar-refractivity contribution is -0.915. The minimum Gasteiger partial charge on any atom is -0.327 e. The van der Waals surface area contributed by atoms with E-state index in [0.717, 1.165) is 16.9 Å². The Labute approximate surface area is 488 Å². The monoisotopic (exact) mass is 1070 g/mol. The molecule has 1 saturated heterocycles. The van der Waals surface area contributed by atoms with Crippen LogP contribution in [0.1, 0.15) is 199 Å². The van der Waals surface area contributed by atoms with E-state index in [1.54, 1.807) is 5.56 Å². The summed E-state index contributed by atoms with van der Waals surface area (Å²) in [5, 5.41) is 0. The summed E-state index contributed by atoms with van der Waals surface area (Å²) in [4.78, 5) is 0. The largest absolute Gasteiger partial charge is 0.327 e. The fourth-order valence-corrected chi connectivity index (χ4v) is 13.7. The third kappa shape index (κ3) is 18.0. The lowest BCUT2D eigenvalue weighted by Gasteiger charge is -2.45. The molecule has 424 valence electrons. The summed E-state index contributed by atoms with van der Waals surface area (Å²) < 4.78 is 2.19. The first-order chi connectivity index (χ1) is 38.7. The smallest absolute Gasteiger partial charge is 0.104 e. The maximum atomic E-state index is 2.53. The summed E-state index contributed by atoms with van der Waals surface area (Å²) in [5.41, 5.74) is 17.2. The number of hydrogen-bond donors (Lipinski definition) is 0. The molecule has 0 amide bonds. The first-order valence-electron chi connectivity index (χ1n) is 31.9. The number of hydrogen-bond acceptors (Lipinski definition) is 0. The first-order valence-corrected chi connectivity index (χ1v) is 31.9. The van der Waals surface area contributed by atoms with Crippen LogP contribution in [0.5, 0.6) is 0 Å². The van der Waals surface area contributed by atoms with Crippen molar-refractivity contribution in [2.24, 2.45) is 5.92 Å². The maximum absolute atomic E-state index is 2.53. The normalized spacial score (nSPS) is 18.6. The highest BCUT2D eigenvalue weighted by Gasteiger charge is 2.38. The SMILES string of the molecule is CCC(CCCCCC(CC(CC)c1ccccc1)c1ccc(CCCCCC[N+]2(C)CCC(C)(c3ccc(-c4cccc(-c5ccc(C)cc5)c4)cc3)CC2)cc1)CC(CC(C)c1ccccc1)c1ccc(C[N+](C)(C)C)cc1. The molecule has 5 atom stereocenters. The van der Waals surface area contributed by atoms with E-state index >= 15 is 0 Å². The van der Waals surface area contributed by atoms with Crippen molar-refractivity contribution in [1.82, 2.24) is 0 Å². The predicted molar refractivity (Wildman–Crippen MR) is 347 cm³/mol. The molecule has 1 heterocycles. The topological polar surface area (TPSA) is 0 Å². The number of nitrogens with zero attached hydrogens (tertiary/aromatic N) is 2. The van der Waals surface area contributed by atoms with Gasteiger partial charge in [0.05, 0.1) is 47.8 Å². The van der Waals surface area contributed by atoms with Crippen LogP contribution in [0.25, 0.3) is 22.3 Å². The van der Waals surface area contributed by atoms with Gasteiger partial charge in [-0.2, -0.15) is 0 Å². The van der Waals surface area contributed by atoms with Gasteiger partial charge in [0.25, 0.3) is 0 Å². The van der Waals surface area contributed by atoms with Crippen molar-refractivity contribution in [3.8, 4) is 22.3 Å². The van der Waals surface area contributed by atoms with Gasteiger partial charge >= 0.3 is 0 Å². The van der Waals surface area contributed by atoms with E-state index < -0.39 is 0 Å². The summed E-state index contributed by atoms with van der Waals surface area (Å²) in [6.45, 7) is 16.9. The minimum absolute atomic E-state index is 0.251. The van der Waals surface area contributed by atoms with Gasteiger partial charge in [-0.1, -0.05) is 248 Å². The number of quaternary nitrogens is 2. The zero-order chi connectivity index (χ0) is 56.4. The molecule has 0 N–H and O–H groups in total. The summed E-state index contributed by atoms with van der Waals surface area (Å²) in [5.74, 6) is 3.07. The highest BCUT2D eigenvalue weighted by molar-refractivity contribution is 5.73. The number of rotatable bonds is 30. The molecule has 1 aliphatic heterocycles. The highest BCUT2D eigenvalue weighted by Crippen LogP contribution is 2.41. The molecule has 5 unspecified atom stereocenters. The van der Waals surface area contributed by atoms with Gasteiger partial charge < -0.3 is 8.97 Å². The lowest BCUT2D eigenvalue weighted by atomic mass is 9.73. The molecule has 0 bridgehead atoms. The Morgan fingerprint density at radius 3 is 1.61 bits per heavy atom. The number of piperidine rings is 1. The fourth-order valence-electron chi connectivity index (χ4n) is 13.7. The van der Waals surface area contributed by atoms with Crippen LogP contribution in [0.4, 0.5) is 0 Å².